The number of methoxy groups -OCH3 is 1. The Balaban J connectivity index is 1.72. The van der Waals surface area contributed by atoms with Gasteiger partial charge in [0.25, 0.3) is 0 Å². The minimum atomic E-state index is -2.50. The molecule has 0 N–H and O–H groups in total. The third kappa shape index (κ3) is 1.81. The van der Waals surface area contributed by atoms with Gasteiger partial charge in [0.1, 0.15) is 0 Å². The van der Waals surface area contributed by atoms with Crippen LogP contribution in [0.1, 0.15) is 50.6 Å². The molecule has 0 amide bonds. The van der Waals surface area contributed by atoms with E-state index in [0.29, 0.717) is 5.92 Å². The average Bonchev–Trinajstić information content (AvgIpc) is 2.69. The Labute approximate surface area is 130 Å². The summed E-state index contributed by atoms with van der Waals surface area (Å²) in [6.45, 7) is 6.06. The second kappa shape index (κ2) is 4.65. The maximum atomic E-state index is 7.42. The molecule has 5 fully saturated rings. The first kappa shape index (κ1) is 11.4. The van der Waals surface area contributed by atoms with Crippen LogP contribution in [0.5, 0.6) is 0 Å². The normalized spacial score (nSPS) is 62.1. The number of rotatable bonds is 1. The van der Waals surface area contributed by atoms with Gasteiger partial charge in [0, 0.05) is 25.3 Å². The summed E-state index contributed by atoms with van der Waals surface area (Å²) in [7, 11) is -2.50. The van der Waals surface area contributed by atoms with Crippen molar-refractivity contribution in [1.29, 1.82) is 0 Å². The summed E-state index contributed by atoms with van der Waals surface area (Å²) in [6, 6.07) is 0. The summed E-state index contributed by atoms with van der Waals surface area (Å²) >= 11 is 0. The molecule has 0 aromatic heterocycles. The molecule has 5 nitrogen and oxygen atoms in total. The first-order valence-corrected chi connectivity index (χ1v) is 8.02. The van der Waals surface area contributed by atoms with Crippen LogP contribution in [0.2, 0.25) is 0 Å². The molecule has 4 aliphatic heterocycles. The number of ether oxygens (including phenoxy) is 3. The van der Waals surface area contributed by atoms with Crippen molar-refractivity contribution in [2.75, 3.05) is 7.04 Å². The second-order valence-corrected chi connectivity index (χ2v) is 7.39. The summed E-state index contributed by atoms with van der Waals surface area (Å²) in [4.78, 5) is 11.7. The molecule has 5 rings (SSSR count). The smallest absolute Gasteiger partial charge is 0.201 e. The van der Waals surface area contributed by atoms with E-state index in [9.17, 15) is 0 Å². The van der Waals surface area contributed by atoms with Crippen LogP contribution in [0.4, 0.5) is 0 Å². The van der Waals surface area contributed by atoms with Gasteiger partial charge in [0.15, 0.2) is 18.2 Å². The molecule has 0 aromatic rings. The first-order valence-electron chi connectivity index (χ1n) is 9.52. The zero-order chi connectivity index (χ0) is 17.3. The zero-order valence-corrected chi connectivity index (χ0v) is 12.8. The monoisotopic (exact) mass is 302 g/mol. The number of fused-ring (bicyclic) bond motifs is 2. The zero-order valence-electron chi connectivity index (χ0n) is 15.8. The molecule has 120 valence electrons. The van der Waals surface area contributed by atoms with Crippen LogP contribution in [-0.2, 0) is 24.0 Å². The lowest BCUT2D eigenvalue weighted by atomic mass is 9.58. The lowest BCUT2D eigenvalue weighted by Gasteiger charge is -2.60. The number of hydrogen-bond donors (Lipinski definition) is 0. The van der Waals surface area contributed by atoms with E-state index >= 15 is 0 Å². The van der Waals surface area contributed by atoms with Crippen LogP contribution in [0.15, 0.2) is 0 Å². The van der Waals surface area contributed by atoms with Crippen molar-refractivity contribution in [2.24, 2.45) is 23.7 Å². The summed E-state index contributed by atoms with van der Waals surface area (Å²) in [6.07, 6.45) is 2.18. The van der Waals surface area contributed by atoms with Gasteiger partial charge in [-0.25, -0.2) is 9.78 Å². The molecular formula is C16H26O5. The van der Waals surface area contributed by atoms with Gasteiger partial charge in [-0.15, -0.1) is 0 Å². The van der Waals surface area contributed by atoms with Crippen LogP contribution in [0.25, 0.3) is 0 Å². The molecule has 2 bridgehead atoms. The van der Waals surface area contributed by atoms with Crippen LogP contribution in [0, 0.1) is 23.7 Å². The van der Waals surface area contributed by atoms with E-state index in [4.69, 9.17) is 28.1 Å². The molecular weight excluding hydrogens is 273 g/mol. The molecule has 5 heteroatoms. The molecule has 4 saturated heterocycles. The van der Waals surface area contributed by atoms with Gasteiger partial charge in [-0.3, -0.25) is 0 Å². The highest BCUT2D eigenvalue weighted by Crippen LogP contribution is 2.60. The Morgan fingerprint density at radius 3 is 2.81 bits per heavy atom. The third-order valence-electron chi connectivity index (χ3n) is 6.21. The second-order valence-electron chi connectivity index (χ2n) is 7.39. The van der Waals surface area contributed by atoms with Gasteiger partial charge in [-0.2, -0.15) is 0 Å². The SMILES string of the molecule is [2H][13C]([2H])([2H])O[C@H]1OC2O[C@]3(C)CC[C@H]4[C@H](C)CC[C@@H]([C@H]1C)C24OO3. The largest absolute Gasteiger partial charge is 0.355 e. The number of hydrogen-bond acceptors (Lipinski definition) is 5. The lowest BCUT2D eigenvalue weighted by Crippen LogP contribution is -2.70. The average molecular weight is 302 g/mol. The van der Waals surface area contributed by atoms with Gasteiger partial charge in [-0.1, -0.05) is 13.8 Å². The molecule has 0 aromatic carbocycles. The van der Waals surface area contributed by atoms with Gasteiger partial charge in [0.2, 0.25) is 5.79 Å². The summed E-state index contributed by atoms with van der Waals surface area (Å²) in [5.41, 5.74) is -0.679. The minimum Gasteiger partial charge on any atom is -0.355 e. The van der Waals surface area contributed by atoms with Crippen molar-refractivity contribution >= 4 is 0 Å². The standard InChI is InChI=1S/C16H26O5/c1-9-5-6-12-10(2)13(17-4)18-14-16(12)11(9)7-8-15(3,19-14)20-21-16/h9-14H,5-8H2,1-4H3/t9-,10-,11+,12+,13+,14?,15+,16?/m1/s1/i4+1D3. The van der Waals surface area contributed by atoms with E-state index in [1.165, 1.54) is 0 Å². The van der Waals surface area contributed by atoms with Crippen LogP contribution >= 0.6 is 0 Å². The third-order valence-corrected chi connectivity index (χ3v) is 6.21. The fraction of sp³-hybridized carbons (Fsp3) is 1.00. The Morgan fingerprint density at radius 1 is 1.14 bits per heavy atom. The van der Waals surface area contributed by atoms with E-state index in [2.05, 4.69) is 6.92 Å². The topological polar surface area (TPSA) is 46.2 Å². The Morgan fingerprint density at radius 2 is 2.00 bits per heavy atom. The predicted molar refractivity (Wildman–Crippen MR) is 73.8 cm³/mol. The van der Waals surface area contributed by atoms with Gasteiger partial charge in [-0.05, 0) is 38.0 Å². The molecule has 0 radical (unpaired) electrons. The molecule has 5 aliphatic rings. The molecule has 21 heavy (non-hydrogen) atoms. The van der Waals surface area contributed by atoms with E-state index in [-0.39, 0.29) is 17.8 Å². The maximum Gasteiger partial charge on any atom is 0.201 e. The highest BCUT2D eigenvalue weighted by molar-refractivity contribution is 5.08. The van der Waals surface area contributed by atoms with Gasteiger partial charge >= 0.3 is 0 Å². The van der Waals surface area contributed by atoms with Crippen LogP contribution in [0.3, 0.4) is 0 Å². The van der Waals surface area contributed by atoms with Gasteiger partial charge in [0.05, 0.1) is 4.11 Å². The van der Waals surface area contributed by atoms with Crippen molar-refractivity contribution in [1.82, 2.24) is 0 Å². The molecule has 1 saturated carbocycles. The fourth-order valence-corrected chi connectivity index (χ4v) is 5.01. The van der Waals surface area contributed by atoms with Crippen molar-refractivity contribution in [3.05, 3.63) is 0 Å². The molecule has 1 aliphatic carbocycles. The highest BCUT2D eigenvalue weighted by Gasteiger charge is 2.69. The first-order chi connectivity index (χ1) is 11.1. The summed E-state index contributed by atoms with van der Waals surface area (Å²) < 4.78 is 39.6. The quantitative estimate of drug-likeness (QED) is 0.550. The fourth-order valence-electron chi connectivity index (χ4n) is 5.01. The minimum absolute atomic E-state index is 0.0763. The molecule has 4 heterocycles. The predicted octanol–water partition coefficient (Wildman–Crippen LogP) is 2.84. The summed E-state index contributed by atoms with van der Waals surface area (Å²) in [5.74, 6) is -0.157. The van der Waals surface area contributed by atoms with Crippen molar-refractivity contribution < 1.29 is 28.1 Å². The van der Waals surface area contributed by atoms with E-state index in [1.54, 1.807) is 0 Å². The van der Waals surface area contributed by atoms with E-state index < -0.39 is 31.0 Å². The highest BCUT2D eigenvalue weighted by atomic mass is 17.3. The van der Waals surface area contributed by atoms with Crippen LogP contribution < -0.4 is 0 Å². The van der Waals surface area contributed by atoms with E-state index in [0.717, 1.165) is 25.7 Å². The molecule has 8 atom stereocenters. The Kier molecular flexibility index (Phi) is 2.51. The van der Waals surface area contributed by atoms with Crippen molar-refractivity contribution in [3.8, 4) is 0 Å². The molecule has 1 spiro atoms. The van der Waals surface area contributed by atoms with E-state index in [1.807, 2.05) is 13.8 Å². The van der Waals surface area contributed by atoms with Gasteiger partial charge < -0.3 is 14.2 Å². The van der Waals surface area contributed by atoms with Crippen LogP contribution in [-0.4, -0.2) is 31.0 Å². The molecule has 2 unspecified atom stereocenters. The van der Waals surface area contributed by atoms with Crippen molar-refractivity contribution in [3.63, 3.8) is 0 Å². The van der Waals surface area contributed by atoms with Crippen molar-refractivity contribution in [2.45, 2.75) is 70.4 Å². The lowest BCUT2D eigenvalue weighted by molar-refractivity contribution is -0.577. The Bertz CT molecular complexity index is 514. The maximum absolute atomic E-state index is 7.42. The summed E-state index contributed by atoms with van der Waals surface area (Å²) in [5, 5.41) is 0. The Hall–Kier alpha value is -0.200.